The fourth-order valence-corrected chi connectivity index (χ4v) is 3.58. The first kappa shape index (κ1) is 20.6. The van der Waals surface area contributed by atoms with E-state index in [2.05, 4.69) is 5.32 Å². The molecule has 1 saturated heterocycles. The molecule has 2 amide bonds. The van der Waals surface area contributed by atoms with E-state index in [0.29, 0.717) is 25.8 Å². The second-order valence-corrected chi connectivity index (χ2v) is 7.53. The zero-order chi connectivity index (χ0) is 20.8. The maximum Gasteiger partial charge on any atom is 0.308 e. The average molecular weight is 394 g/mol. The predicted molar refractivity (Wildman–Crippen MR) is 109 cm³/mol. The number of aliphatic carboxylic acids is 1. The molecule has 2 aromatic rings. The summed E-state index contributed by atoms with van der Waals surface area (Å²) in [5.74, 6) is -2.01. The lowest BCUT2D eigenvalue weighted by molar-refractivity contribution is -0.142. The molecule has 0 aromatic heterocycles. The van der Waals surface area contributed by atoms with Crippen LogP contribution in [-0.4, -0.2) is 40.4 Å². The van der Waals surface area contributed by atoms with Gasteiger partial charge in [-0.15, -0.1) is 0 Å². The Bertz CT molecular complexity index is 864. The summed E-state index contributed by atoms with van der Waals surface area (Å²) in [4.78, 5) is 38.2. The van der Waals surface area contributed by atoms with Crippen molar-refractivity contribution in [2.45, 2.75) is 38.8 Å². The Morgan fingerprint density at radius 2 is 1.79 bits per heavy atom. The number of hydrogen-bond acceptors (Lipinski definition) is 3. The highest BCUT2D eigenvalue weighted by Crippen LogP contribution is 2.22. The molecule has 6 nitrogen and oxygen atoms in total. The molecular weight excluding hydrogens is 368 g/mol. The number of carboxylic acid groups (broad SMARTS) is 1. The summed E-state index contributed by atoms with van der Waals surface area (Å²) in [6.07, 6.45) is 1.12. The van der Waals surface area contributed by atoms with Crippen LogP contribution in [-0.2, 0) is 27.3 Å². The van der Waals surface area contributed by atoms with E-state index < -0.39 is 17.9 Å². The molecule has 2 N–H and O–H groups in total. The van der Waals surface area contributed by atoms with E-state index in [9.17, 15) is 19.5 Å². The molecule has 0 radical (unpaired) electrons. The maximum atomic E-state index is 12.7. The van der Waals surface area contributed by atoms with Gasteiger partial charge in [-0.25, -0.2) is 0 Å². The van der Waals surface area contributed by atoms with Crippen molar-refractivity contribution in [1.29, 1.82) is 0 Å². The predicted octanol–water partition coefficient (Wildman–Crippen LogP) is 2.55. The number of rotatable bonds is 8. The number of likely N-dealkylation sites (tertiary alicyclic amines) is 1. The number of carbonyl (C=O) groups is 3. The zero-order valence-corrected chi connectivity index (χ0v) is 16.5. The highest BCUT2D eigenvalue weighted by Gasteiger charge is 2.36. The molecule has 0 aliphatic carbocycles. The van der Waals surface area contributed by atoms with Crippen LogP contribution < -0.4 is 5.32 Å². The lowest BCUT2D eigenvalue weighted by Gasteiger charge is -2.25. The number of carboxylic acids is 1. The Hall–Kier alpha value is -3.15. The van der Waals surface area contributed by atoms with Crippen molar-refractivity contribution in [3.05, 3.63) is 71.3 Å². The number of nitrogens with one attached hydrogen (secondary N) is 1. The minimum Gasteiger partial charge on any atom is -0.481 e. The van der Waals surface area contributed by atoms with Gasteiger partial charge in [0.2, 0.25) is 11.8 Å². The van der Waals surface area contributed by atoms with Gasteiger partial charge in [0.15, 0.2) is 0 Å². The second-order valence-electron chi connectivity index (χ2n) is 7.53. The third-order valence-electron chi connectivity index (χ3n) is 5.30. The lowest BCUT2D eigenvalue weighted by Crippen LogP contribution is -2.46. The van der Waals surface area contributed by atoms with Crippen molar-refractivity contribution in [2.75, 3.05) is 6.54 Å². The first-order valence-corrected chi connectivity index (χ1v) is 9.83. The monoisotopic (exact) mass is 394 g/mol. The fraction of sp³-hybridized carbons (Fsp3) is 0.348. The van der Waals surface area contributed by atoms with Crippen molar-refractivity contribution in [3.63, 3.8) is 0 Å². The van der Waals surface area contributed by atoms with Crippen LogP contribution in [0.1, 0.15) is 29.5 Å². The quantitative estimate of drug-likeness (QED) is 0.720. The van der Waals surface area contributed by atoms with Crippen LogP contribution >= 0.6 is 0 Å². The van der Waals surface area contributed by atoms with Crippen molar-refractivity contribution < 1.29 is 19.5 Å². The molecule has 1 heterocycles. The van der Waals surface area contributed by atoms with Gasteiger partial charge in [-0.3, -0.25) is 14.4 Å². The molecule has 1 aliphatic rings. The van der Waals surface area contributed by atoms with Crippen LogP contribution in [0.2, 0.25) is 0 Å². The molecule has 29 heavy (non-hydrogen) atoms. The minimum atomic E-state index is -0.951. The van der Waals surface area contributed by atoms with Crippen LogP contribution in [0.25, 0.3) is 0 Å². The Balaban J connectivity index is 1.61. The van der Waals surface area contributed by atoms with E-state index in [-0.39, 0.29) is 18.4 Å². The molecular formula is C23H26N2O4. The first-order valence-electron chi connectivity index (χ1n) is 9.83. The van der Waals surface area contributed by atoms with Crippen molar-refractivity contribution in [3.8, 4) is 0 Å². The highest BCUT2D eigenvalue weighted by molar-refractivity contribution is 5.91. The number of amides is 2. The molecule has 2 unspecified atom stereocenters. The van der Waals surface area contributed by atoms with Gasteiger partial charge >= 0.3 is 5.97 Å². The smallest absolute Gasteiger partial charge is 0.308 e. The van der Waals surface area contributed by atoms with E-state index in [4.69, 9.17) is 0 Å². The molecule has 2 aromatic carbocycles. The van der Waals surface area contributed by atoms with E-state index in [1.54, 1.807) is 4.90 Å². The number of nitrogens with zero attached hydrogens (tertiary/aromatic N) is 1. The first-order chi connectivity index (χ1) is 13.9. The number of aryl methyl sites for hydroxylation is 1. The molecule has 0 saturated carbocycles. The molecule has 3 rings (SSSR count). The fourth-order valence-electron chi connectivity index (χ4n) is 3.58. The van der Waals surface area contributed by atoms with Gasteiger partial charge in [0.1, 0.15) is 6.04 Å². The van der Waals surface area contributed by atoms with Crippen LogP contribution in [0, 0.1) is 12.8 Å². The van der Waals surface area contributed by atoms with Crippen LogP contribution in [0.3, 0.4) is 0 Å². The molecule has 6 heteroatoms. The topological polar surface area (TPSA) is 86.7 Å². The molecule has 0 bridgehead atoms. The van der Waals surface area contributed by atoms with Crippen molar-refractivity contribution in [1.82, 2.24) is 10.2 Å². The minimum absolute atomic E-state index is 0.0339. The highest BCUT2D eigenvalue weighted by atomic mass is 16.4. The van der Waals surface area contributed by atoms with Gasteiger partial charge in [-0.05, 0) is 30.9 Å². The van der Waals surface area contributed by atoms with Gasteiger partial charge in [-0.1, -0.05) is 60.2 Å². The van der Waals surface area contributed by atoms with Crippen LogP contribution in [0.5, 0.6) is 0 Å². The standard InChI is InChI=1S/C23H26N2O4/c1-16-7-9-18(10-8-16)15-25-20(11-12-21(25)26)22(27)24-14-19(23(28)29)13-17-5-3-2-4-6-17/h2-10,19-20H,11-15H2,1H3,(H,24,27)(H,28,29). The second kappa shape index (κ2) is 9.37. The zero-order valence-electron chi connectivity index (χ0n) is 16.5. The van der Waals surface area contributed by atoms with E-state index in [1.807, 2.05) is 61.5 Å². The van der Waals surface area contributed by atoms with Gasteiger partial charge in [-0.2, -0.15) is 0 Å². The molecule has 152 valence electrons. The Labute approximate surface area is 170 Å². The molecule has 1 aliphatic heterocycles. The summed E-state index contributed by atoms with van der Waals surface area (Å²) < 4.78 is 0. The van der Waals surface area contributed by atoms with E-state index >= 15 is 0 Å². The summed E-state index contributed by atoms with van der Waals surface area (Å²) in [6, 6.07) is 16.6. The number of benzene rings is 2. The molecule has 0 spiro atoms. The SMILES string of the molecule is Cc1ccc(CN2C(=O)CCC2C(=O)NCC(Cc2ccccc2)C(=O)O)cc1. The summed E-state index contributed by atoms with van der Waals surface area (Å²) >= 11 is 0. The van der Waals surface area contributed by atoms with Crippen LogP contribution in [0.15, 0.2) is 54.6 Å². The maximum absolute atomic E-state index is 12.7. The number of carbonyl (C=O) groups excluding carboxylic acids is 2. The Kier molecular flexibility index (Phi) is 6.65. The normalized spacial score (nSPS) is 17.2. The van der Waals surface area contributed by atoms with E-state index in [1.165, 1.54) is 0 Å². The lowest BCUT2D eigenvalue weighted by atomic mass is 9.99. The van der Waals surface area contributed by atoms with Gasteiger partial charge in [0.25, 0.3) is 0 Å². The van der Waals surface area contributed by atoms with Gasteiger partial charge in [0.05, 0.1) is 5.92 Å². The largest absolute Gasteiger partial charge is 0.481 e. The summed E-state index contributed by atoms with van der Waals surface area (Å²) in [6.45, 7) is 2.41. The Morgan fingerprint density at radius 1 is 1.10 bits per heavy atom. The van der Waals surface area contributed by atoms with Crippen LogP contribution in [0.4, 0.5) is 0 Å². The average Bonchev–Trinajstić information content (AvgIpc) is 3.07. The van der Waals surface area contributed by atoms with Gasteiger partial charge in [0, 0.05) is 19.5 Å². The Morgan fingerprint density at radius 3 is 2.45 bits per heavy atom. The van der Waals surface area contributed by atoms with E-state index in [0.717, 1.165) is 16.7 Å². The third-order valence-corrected chi connectivity index (χ3v) is 5.30. The summed E-state index contributed by atoms with van der Waals surface area (Å²) in [5, 5.41) is 12.3. The molecule has 1 fully saturated rings. The van der Waals surface area contributed by atoms with Crippen molar-refractivity contribution in [2.24, 2.45) is 5.92 Å². The summed E-state index contributed by atoms with van der Waals surface area (Å²) in [7, 11) is 0. The number of hydrogen-bond donors (Lipinski definition) is 2. The van der Waals surface area contributed by atoms with Gasteiger partial charge < -0.3 is 15.3 Å². The summed E-state index contributed by atoms with van der Waals surface area (Å²) in [5.41, 5.74) is 3.01. The molecule has 2 atom stereocenters. The third kappa shape index (κ3) is 5.44. The van der Waals surface area contributed by atoms with Crippen molar-refractivity contribution >= 4 is 17.8 Å².